The minimum absolute atomic E-state index is 0.704. The maximum atomic E-state index is 4.95. The average molecular weight is 227 g/mol. The molecule has 1 aromatic rings. The van der Waals surface area contributed by atoms with Crippen LogP contribution >= 0.6 is 11.3 Å². The van der Waals surface area contributed by atoms with E-state index in [-0.39, 0.29) is 0 Å². The van der Waals surface area contributed by atoms with Gasteiger partial charge < -0.3 is 10.1 Å². The number of nitrogens with zero attached hydrogens (tertiary/aromatic N) is 2. The lowest BCUT2D eigenvalue weighted by atomic mass is 9.86. The van der Waals surface area contributed by atoms with E-state index in [0.29, 0.717) is 5.92 Å². The summed E-state index contributed by atoms with van der Waals surface area (Å²) in [5.74, 6) is 0.704. The maximum absolute atomic E-state index is 4.95. The SMILES string of the molecule is COCCNCc1nnc(C2CCC2)s1. The second-order valence-corrected chi connectivity index (χ2v) is 4.93. The van der Waals surface area contributed by atoms with Crippen molar-refractivity contribution in [3.63, 3.8) is 0 Å². The molecule has 0 unspecified atom stereocenters. The molecule has 15 heavy (non-hydrogen) atoms. The van der Waals surface area contributed by atoms with Crippen LogP contribution < -0.4 is 5.32 Å². The zero-order valence-electron chi connectivity index (χ0n) is 9.03. The Labute approximate surface area is 94.1 Å². The van der Waals surface area contributed by atoms with Gasteiger partial charge in [-0.25, -0.2) is 0 Å². The quantitative estimate of drug-likeness (QED) is 0.749. The van der Waals surface area contributed by atoms with Crippen molar-refractivity contribution in [3.8, 4) is 0 Å². The van der Waals surface area contributed by atoms with Crippen LogP contribution in [0.2, 0.25) is 0 Å². The molecular weight excluding hydrogens is 210 g/mol. The fraction of sp³-hybridized carbons (Fsp3) is 0.800. The molecule has 1 fully saturated rings. The predicted octanol–water partition coefficient (Wildman–Crippen LogP) is 1.54. The zero-order chi connectivity index (χ0) is 10.5. The first-order valence-electron chi connectivity index (χ1n) is 5.42. The van der Waals surface area contributed by atoms with Gasteiger partial charge in [-0.1, -0.05) is 17.8 Å². The van der Waals surface area contributed by atoms with Crippen molar-refractivity contribution < 1.29 is 4.74 Å². The van der Waals surface area contributed by atoms with Gasteiger partial charge in [0, 0.05) is 26.1 Å². The number of ether oxygens (including phenoxy) is 1. The van der Waals surface area contributed by atoms with Gasteiger partial charge in [0.1, 0.15) is 10.0 Å². The Morgan fingerprint density at radius 3 is 3.00 bits per heavy atom. The van der Waals surface area contributed by atoms with Crippen LogP contribution in [0.4, 0.5) is 0 Å². The number of hydrogen-bond donors (Lipinski definition) is 1. The summed E-state index contributed by atoms with van der Waals surface area (Å²) in [4.78, 5) is 0. The number of rotatable bonds is 6. The van der Waals surface area contributed by atoms with Crippen molar-refractivity contribution in [2.24, 2.45) is 0 Å². The summed E-state index contributed by atoms with van der Waals surface area (Å²) in [6.07, 6.45) is 3.95. The van der Waals surface area contributed by atoms with E-state index >= 15 is 0 Å². The van der Waals surface area contributed by atoms with Crippen LogP contribution in [0.1, 0.15) is 35.2 Å². The van der Waals surface area contributed by atoms with Gasteiger partial charge in [-0.3, -0.25) is 0 Å². The van der Waals surface area contributed by atoms with Crippen LogP contribution in [0, 0.1) is 0 Å². The van der Waals surface area contributed by atoms with E-state index in [9.17, 15) is 0 Å². The molecule has 0 atom stereocenters. The van der Waals surface area contributed by atoms with E-state index in [1.54, 1.807) is 18.4 Å². The minimum atomic E-state index is 0.704. The molecule has 1 aliphatic carbocycles. The van der Waals surface area contributed by atoms with E-state index in [1.807, 2.05) is 0 Å². The molecule has 1 heterocycles. The first-order chi connectivity index (χ1) is 7.40. The molecule has 0 bridgehead atoms. The number of nitrogens with one attached hydrogen (secondary N) is 1. The van der Waals surface area contributed by atoms with Gasteiger partial charge in [-0.05, 0) is 12.8 Å². The number of methoxy groups -OCH3 is 1. The largest absolute Gasteiger partial charge is 0.383 e. The highest BCUT2D eigenvalue weighted by Crippen LogP contribution is 2.37. The fourth-order valence-corrected chi connectivity index (χ4v) is 2.51. The van der Waals surface area contributed by atoms with E-state index in [4.69, 9.17) is 4.74 Å². The molecule has 0 radical (unpaired) electrons. The Hall–Kier alpha value is -0.520. The maximum Gasteiger partial charge on any atom is 0.131 e. The topological polar surface area (TPSA) is 47.0 Å². The van der Waals surface area contributed by atoms with Crippen LogP contribution in [-0.4, -0.2) is 30.5 Å². The van der Waals surface area contributed by atoms with Crippen LogP contribution in [-0.2, 0) is 11.3 Å². The second kappa shape index (κ2) is 5.53. The molecule has 2 rings (SSSR count). The molecule has 1 aromatic heterocycles. The molecular formula is C10H17N3OS. The minimum Gasteiger partial charge on any atom is -0.383 e. The van der Waals surface area contributed by atoms with E-state index in [1.165, 1.54) is 24.3 Å². The summed E-state index contributed by atoms with van der Waals surface area (Å²) in [6.45, 7) is 2.43. The molecule has 1 aliphatic rings. The van der Waals surface area contributed by atoms with Crippen molar-refractivity contribution in [1.82, 2.24) is 15.5 Å². The Morgan fingerprint density at radius 2 is 2.33 bits per heavy atom. The van der Waals surface area contributed by atoms with Crippen LogP contribution in [0.3, 0.4) is 0 Å². The molecule has 0 aromatic carbocycles. The molecule has 1 saturated carbocycles. The summed E-state index contributed by atoms with van der Waals surface area (Å²) in [5, 5.41) is 14.0. The highest BCUT2D eigenvalue weighted by atomic mass is 32.1. The Balaban J connectivity index is 1.74. The molecule has 84 valence electrons. The Bertz CT molecular complexity index is 299. The third-order valence-corrected chi connectivity index (χ3v) is 3.78. The summed E-state index contributed by atoms with van der Waals surface area (Å²) in [5.41, 5.74) is 0. The summed E-state index contributed by atoms with van der Waals surface area (Å²) in [7, 11) is 1.71. The predicted molar refractivity (Wildman–Crippen MR) is 60.1 cm³/mol. The lowest BCUT2D eigenvalue weighted by molar-refractivity contribution is 0.199. The van der Waals surface area contributed by atoms with Crippen molar-refractivity contribution >= 4 is 11.3 Å². The molecule has 5 heteroatoms. The summed E-state index contributed by atoms with van der Waals surface area (Å²) in [6, 6.07) is 0. The lowest BCUT2D eigenvalue weighted by Crippen LogP contribution is -2.18. The van der Waals surface area contributed by atoms with Gasteiger partial charge in [0.15, 0.2) is 0 Å². The van der Waals surface area contributed by atoms with Crippen LogP contribution in [0.25, 0.3) is 0 Å². The highest BCUT2D eigenvalue weighted by Gasteiger charge is 2.23. The van der Waals surface area contributed by atoms with Gasteiger partial charge in [-0.2, -0.15) is 0 Å². The van der Waals surface area contributed by atoms with Crippen LogP contribution in [0.5, 0.6) is 0 Å². The Kier molecular flexibility index (Phi) is 4.05. The smallest absolute Gasteiger partial charge is 0.131 e. The molecule has 1 N–H and O–H groups in total. The van der Waals surface area contributed by atoms with Crippen molar-refractivity contribution in [2.45, 2.75) is 31.7 Å². The standard InChI is InChI=1S/C10H17N3OS/c1-14-6-5-11-7-9-12-13-10(15-9)8-3-2-4-8/h8,11H,2-7H2,1H3. The van der Waals surface area contributed by atoms with Crippen molar-refractivity contribution in [1.29, 1.82) is 0 Å². The Morgan fingerprint density at radius 1 is 1.47 bits per heavy atom. The van der Waals surface area contributed by atoms with Gasteiger partial charge >= 0.3 is 0 Å². The first-order valence-corrected chi connectivity index (χ1v) is 6.23. The third-order valence-electron chi connectivity index (χ3n) is 2.70. The van der Waals surface area contributed by atoms with E-state index < -0.39 is 0 Å². The molecule has 4 nitrogen and oxygen atoms in total. The van der Waals surface area contributed by atoms with Gasteiger partial charge in [-0.15, -0.1) is 10.2 Å². The number of aromatic nitrogens is 2. The molecule has 0 aliphatic heterocycles. The first kappa shape index (κ1) is 11.0. The molecule has 0 saturated heterocycles. The van der Waals surface area contributed by atoms with Gasteiger partial charge in [0.25, 0.3) is 0 Å². The number of hydrogen-bond acceptors (Lipinski definition) is 5. The lowest BCUT2D eigenvalue weighted by Gasteiger charge is -2.21. The van der Waals surface area contributed by atoms with E-state index in [2.05, 4.69) is 15.5 Å². The molecule has 0 spiro atoms. The zero-order valence-corrected chi connectivity index (χ0v) is 9.85. The van der Waals surface area contributed by atoms with E-state index in [0.717, 1.165) is 24.7 Å². The fourth-order valence-electron chi connectivity index (χ4n) is 1.53. The van der Waals surface area contributed by atoms with Gasteiger partial charge in [0.2, 0.25) is 0 Å². The summed E-state index contributed by atoms with van der Waals surface area (Å²) < 4.78 is 4.95. The second-order valence-electron chi connectivity index (χ2n) is 3.83. The van der Waals surface area contributed by atoms with Crippen molar-refractivity contribution in [3.05, 3.63) is 10.0 Å². The highest BCUT2D eigenvalue weighted by molar-refractivity contribution is 7.11. The molecule has 0 amide bonds. The normalized spacial score (nSPS) is 16.6. The monoisotopic (exact) mass is 227 g/mol. The summed E-state index contributed by atoms with van der Waals surface area (Å²) >= 11 is 1.75. The average Bonchev–Trinajstić information content (AvgIpc) is 2.58. The van der Waals surface area contributed by atoms with Crippen LogP contribution in [0.15, 0.2) is 0 Å². The van der Waals surface area contributed by atoms with Gasteiger partial charge in [0.05, 0.1) is 6.61 Å². The van der Waals surface area contributed by atoms with Crippen molar-refractivity contribution in [2.75, 3.05) is 20.3 Å². The third kappa shape index (κ3) is 2.96.